The Morgan fingerprint density at radius 2 is 2.10 bits per heavy atom. The van der Waals surface area contributed by atoms with Crippen LogP contribution in [0.15, 0.2) is 29.4 Å². The number of nitrogens with one attached hydrogen (secondary N) is 1. The molecule has 2 heterocycles. The van der Waals surface area contributed by atoms with E-state index in [2.05, 4.69) is 15.2 Å². The number of thioether (sulfide) groups is 1. The summed E-state index contributed by atoms with van der Waals surface area (Å²) in [4.78, 5) is 18.0. The van der Waals surface area contributed by atoms with Crippen molar-refractivity contribution in [2.75, 3.05) is 18.8 Å². The number of rotatable bonds is 4. The number of hydrogen-bond acceptors (Lipinski definition) is 4. The Morgan fingerprint density at radius 1 is 1.35 bits per heavy atom. The number of aromatic nitrogens is 3. The number of likely N-dealkylation sites (tertiary alicyclic amines) is 1. The molecule has 1 aromatic carbocycles. The van der Waals surface area contributed by atoms with Crippen molar-refractivity contribution < 1.29 is 4.79 Å². The lowest BCUT2D eigenvalue weighted by molar-refractivity contribution is -0.131. The highest BCUT2D eigenvalue weighted by atomic mass is 35.5. The molecular weight excluding hydrogens is 296 g/mol. The van der Waals surface area contributed by atoms with E-state index < -0.39 is 0 Å². The van der Waals surface area contributed by atoms with Crippen molar-refractivity contribution in [1.82, 2.24) is 20.1 Å². The van der Waals surface area contributed by atoms with E-state index in [0.717, 1.165) is 25.1 Å². The molecule has 1 aliphatic heterocycles. The summed E-state index contributed by atoms with van der Waals surface area (Å²) < 4.78 is 0. The molecule has 104 valence electrons. The second kappa shape index (κ2) is 5.85. The van der Waals surface area contributed by atoms with Crippen LogP contribution in [-0.4, -0.2) is 44.8 Å². The largest absolute Gasteiger partial charge is 0.342 e. The molecule has 1 amide bonds. The maximum atomic E-state index is 11.7. The minimum atomic E-state index is 0.152. The third-order valence-corrected chi connectivity index (χ3v) is 4.20. The quantitative estimate of drug-likeness (QED) is 0.881. The molecule has 1 aliphatic rings. The Morgan fingerprint density at radius 3 is 2.75 bits per heavy atom. The summed E-state index contributed by atoms with van der Waals surface area (Å²) in [5.41, 5.74) is 0.919. The van der Waals surface area contributed by atoms with Gasteiger partial charge in [0.25, 0.3) is 0 Å². The monoisotopic (exact) mass is 308 g/mol. The van der Waals surface area contributed by atoms with Crippen LogP contribution in [0.3, 0.4) is 0 Å². The van der Waals surface area contributed by atoms with Crippen LogP contribution < -0.4 is 0 Å². The summed E-state index contributed by atoms with van der Waals surface area (Å²) in [7, 11) is 0. The Hall–Kier alpha value is -1.53. The van der Waals surface area contributed by atoms with Gasteiger partial charge in [-0.25, -0.2) is 4.98 Å². The molecule has 3 rings (SSSR count). The van der Waals surface area contributed by atoms with Crippen LogP contribution >= 0.6 is 23.4 Å². The first-order valence-corrected chi connectivity index (χ1v) is 7.67. The van der Waals surface area contributed by atoms with E-state index in [0.29, 0.717) is 21.8 Å². The van der Waals surface area contributed by atoms with Crippen LogP contribution in [0.4, 0.5) is 0 Å². The molecule has 1 fully saturated rings. The molecule has 20 heavy (non-hydrogen) atoms. The van der Waals surface area contributed by atoms with Crippen molar-refractivity contribution in [2.24, 2.45) is 0 Å². The van der Waals surface area contributed by atoms with Crippen LogP contribution in [0.1, 0.15) is 6.42 Å². The summed E-state index contributed by atoms with van der Waals surface area (Å²) in [5, 5.41) is 8.26. The van der Waals surface area contributed by atoms with Crippen LogP contribution in [0.2, 0.25) is 5.02 Å². The number of aromatic amines is 1. The van der Waals surface area contributed by atoms with Crippen molar-refractivity contribution in [2.45, 2.75) is 11.6 Å². The maximum Gasteiger partial charge on any atom is 0.233 e. The van der Waals surface area contributed by atoms with Crippen molar-refractivity contribution >= 4 is 29.3 Å². The van der Waals surface area contributed by atoms with Gasteiger partial charge in [0, 0.05) is 23.7 Å². The van der Waals surface area contributed by atoms with Gasteiger partial charge in [-0.2, -0.15) is 0 Å². The van der Waals surface area contributed by atoms with Crippen LogP contribution in [0, 0.1) is 0 Å². The van der Waals surface area contributed by atoms with Gasteiger partial charge in [0.1, 0.15) is 0 Å². The zero-order chi connectivity index (χ0) is 13.9. The van der Waals surface area contributed by atoms with Crippen LogP contribution in [0.25, 0.3) is 11.4 Å². The molecule has 0 radical (unpaired) electrons. The van der Waals surface area contributed by atoms with Crippen molar-refractivity contribution in [3.05, 3.63) is 29.3 Å². The van der Waals surface area contributed by atoms with Crippen molar-refractivity contribution in [3.63, 3.8) is 0 Å². The fourth-order valence-corrected chi connectivity index (χ4v) is 2.66. The number of halogens is 1. The molecule has 1 N–H and O–H groups in total. The summed E-state index contributed by atoms with van der Waals surface area (Å²) >= 11 is 7.20. The number of carbonyl (C=O) groups is 1. The molecule has 0 spiro atoms. The first kappa shape index (κ1) is 13.5. The fourth-order valence-electron chi connectivity index (χ4n) is 1.83. The smallest absolute Gasteiger partial charge is 0.233 e. The van der Waals surface area contributed by atoms with Gasteiger partial charge in [-0.1, -0.05) is 23.4 Å². The summed E-state index contributed by atoms with van der Waals surface area (Å²) in [6.45, 7) is 1.76. The average Bonchev–Trinajstić information content (AvgIpc) is 2.84. The number of benzene rings is 1. The van der Waals surface area contributed by atoms with Gasteiger partial charge in [0.05, 0.1) is 5.75 Å². The first-order valence-electron chi connectivity index (χ1n) is 6.31. The van der Waals surface area contributed by atoms with Crippen molar-refractivity contribution in [1.29, 1.82) is 0 Å². The first-order chi connectivity index (χ1) is 9.72. The molecule has 0 bridgehead atoms. The molecule has 0 aliphatic carbocycles. The highest BCUT2D eigenvalue weighted by Gasteiger charge is 2.20. The third kappa shape index (κ3) is 2.96. The highest BCUT2D eigenvalue weighted by molar-refractivity contribution is 7.99. The Labute approximate surface area is 125 Å². The van der Waals surface area contributed by atoms with Gasteiger partial charge in [0.15, 0.2) is 5.82 Å². The lowest BCUT2D eigenvalue weighted by atomic mass is 10.2. The number of amides is 1. The summed E-state index contributed by atoms with van der Waals surface area (Å²) in [6, 6.07) is 7.37. The Balaban J connectivity index is 1.61. The third-order valence-electron chi connectivity index (χ3n) is 3.12. The zero-order valence-electron chi connectivity index (χ0n) is 10.7. The second-order valence-corrected chi connectivity index (χ2v) is 5.88. The average molecular weight is 309 g/mol. The van der Waals surface area contributed by atoms with Crippen LogP contribution in [-0.2, 0) is 4.79 Å². The van der Waals surface area contributed by atoms with E-state index in [1.165, 1.54) is 11.8 Å². The van der Waals surface area contributed by atoms with E-state index in [4.69, 9.17) is 11.6 Å². The van der Waals surface area contributed by atoms with Crippen molar-refractivity contribution in [3.8, 4) is 11.4 Å². The standard InChI is InChI=1S/C13H13ClN4OS/c14-10-4-2-9(3-5-10)12-15-13(17-16-12)20-8-11(19)18-6-1-7-18/h2-5H,1,6-8H2,(H,15,16,17). The number of nitrogens with zero attached hydrogens (tertiary/aromatic N) is 3. The van der Waals surface area contributed by atoms with E-state index in [1.54, 1.807) is 12.1 Å². The molecule has 1 saturated heterocycles. The lowest BCUT2D eigenvalue weighted by Gasteiger charge is -2.30. The molecule has 0 atom stereocenters. The van der Waals surface area contributed by atoms with Crippen LogP contribution in [0.5, 0.6) is 0 Å². The maximum absolute atomic E-state index is 11.7. The Bertz CT molecular complexity index is 609. The normalized spacial score (nSPS) is 14.2. The van der Waals surface area contributed by atoms with Gasteiger partial charge in [-0.05, 0) is 30.7 Å². The topological polar surface area (TPSA) is 61.9 Å². The highest BCUT2D eigenvalue weighted by Crippen LogP contribution is 2.21. The molecule has 7 heteroatoms. The molecule has 1 aromatic heterocycles. The molecule has 2 aromatic rings. The summed E-state index contributed by atoms with van der Waals surface area (Å²) in [6.07, 6.45) is 1.11. The summed E-state index contributed by atoms with van der Waals surface area (Å²) in [5.74, 6) is 1.22. The molecule has 5 nitrogen and oxygen atoms in total. The van der Waals surface area contributed by atoms with Gasteiger partial charge in [-0.15, -0.1) is 5.10 Å². The van der Waals surface area contributed by atoms with E-state index in [1.807, 2.05) is 17.0 Å². The number of hydrogen-bond donors (Lipinski definition) is 1. The molecular formula is C13H13ClN4OS. The number of H-pyrrole nitrogens is 1. The van der Waals surface area contributed by atoms with Gasteiger partial charge < -0.3 is 4.90 Å². The zero-order valence-corrected chi connectivity index (χ0v) is 12.2. The van der Waals surface area contributed by atoms with E-state index in [9.17, 15) is 4.79 Å². The molecule has 0 saturated carbocycles. The lowest BCUT2D eigenvalue weighted by Crippen LogP contribution is -2.43. The van der Waals surface area contributed by atoms with Gasteiger partial charge >= 0.3 is 0 Å². The minimum Gasteiger partial charge on any atom is -0.342 e. The Kier molecular flexibility index (Phi) is 3.93. The predicted molar refractivity (Wildman–Crippen MR) is 78.7 cm³/mol. The van der Waals surface area contributed by atoms with E-state index in [-0.39, 0.29) is 5.91 Å². The fraction of sp³-hybridized carbons (Fsp3) is 0.308. The van der Waals surface area contributed by atoms with Gasteiger partial charge in [-0.3, -0.25) is 9.89 Å². The predicted octanol–water partition coefficient (Wildman–Crippen LogP) is 2.45. The minimum absolute atomic E-state index is 0.152. The molecule has 0 unspecified atom stereocenters. The number of carbonyl (C=O) groups excluding carboxylic acids is 1. The van der Waals surface area contributed by atoms with Gasteiger partial charge in [0.2, 0.25) is 11.1 Å². The SMILES string of the molecule is O=C(CSc1n[nH]c(-c2ccc(Cl)cc2)n1)N1CCC1. The second-order valence-electron chi connectivity index (χ2n) is 4.50. The van der Waals surface area contributed by atoms with E-state index >= 15 is 0 Å².